The minimum Gasteiger partial charge on any atom is -0.347 e. The van der Waals surface area contributed by atoms with E-state index in [0.29, 0.717) is 42.3 Å². The summed E-state index contributed by atoms with van der Waals surface area (Å²) in [4.78, 5) is 10.6. The van der Waals surface area contributed by atoms with E-state index in [1.54, 1.807) is 0 Å². The molecule has 0 aromatic heterocycles. The van der Waals surface area contributed by atoms with Crippen LogP contribution in [0.1, 0.15) is 25.7 Å². The van der Waals surface area contributed by atoms with E-state index in [9.17, 15) is 4.79 Å². The Morgan fingerprint density at radius 1 is 0.826 bits per heavy atom. The van der Waals surface area contributed by atoms with Crippen LogP contribution < -0.4 is 0 Å². The first-order valence-corrected chi connectivity index (χ1v) is 9.30. The first-order chi connectivity index (χ1) is 11.2. The first-order valence-electron chi connectivity index (χ1n) is 8.86. The molecule has 0 N–H and O–H groups in total. The second kappa shape index (κ2) is 5.15. The standard InChI is InChI=1S/C9H12O3.C8H11ClO2/c10-5-7-6-1-2-9(8(6)7)11-3-4-12-9;9-7-5-1-2-8(6(5)7)10-3-4-11-8/h5-8H,1-4H2;5-7H,1-4H2/t6-,7+,8-;5-,6+,7?/m10/s1. The highest BCUT2D eigenvalue weighted by Gasteiger charge is 2.69. The van der Waals surface area contributed by atoms with Gasteiger partial charge in [-0.1, -0.05) is 0 Å². The van der Waals surface area contributed by atoms with Gasteiger partial charge >= 0.3 is 0 Å². The van der Waals surface area contributed by atoms with Gasteiger partial charge in [-0.2, -0.15) is 0 Å². The van der Waals surface area contributed by atoms with Crippen molar-refractivity contribution in [1.29, 1.82) is 0 Å². The molecule has 23 heavy (non-hydrogen) atoms. The molecule has 6 fully saturated rings. The van der Waals surface area contributed by atoms with Crippen molar-refractivity contribution in [3.63, 3.8) is 0 Å². The molecule has 5 nitrogen and oxygen atoms in total. The number of alkyl halides is 1. The van der Waals surface area contributed by atoms with Crippen LogP contribution in [0.4, 0.5) is 0 Å². The Labute approximate surface area is 140 Å². The van der Waals surface area contributed by atoms with E-state index in [4.69, 9.17) is 30.5 Å². The van der Waals surface area contributed by atoms with Crippen LogP contribution in [0.25, 0.3) is 0 Å². The molecule has 0 amide bonds. The van der Waals surface area contributed by atoms with E-state index >= 15 is 0 Å². The molecule has 6 rings (SSSR count). The lowest BCUT2D eigenvalue weighted by molar-refractivity contribution is -0.171. The van der Waals surface area contributed by atoms with Gasteiger partial charge in [0.1, 0.15) is 6.29 Å². The van der Waals surface area contributed by atoms with Crippen molar-refractivity contribution in [3.05, 3.63) is 0 Å². The van der Waals surface area contributed by atoms with Gasteiger partial charge in [-0.25, -0.2) is 0 Å². The third-order valence-electron chi connectivity index (χ3n) is 6.68. The molecule has 2 aliphatic heterocycles. The molecule has 2 heterocycles. The molecule has 4 aliphatic carbocycles. The predicted molar refractivity (Wildman–Crippen MR) is 80.9 cm³/mol. The van der Waals surface area contributed by atoms with E-state index in [1.807, 2.05) is 0 Å². The minimum absolute atomic E-state index is 0.233. The van der Waals surface area contributed by atoms with Crippen LogP contribution in [0.2, 0.25) is 0 Å². The fraction of sp³-hybridized carbons (Fsp3) is 0.941. The normalized spacial score (nSPS) is 49.6. The molecule has 6 heteroatoms. The molecule has 4 saturated carbocycles. The Kier molecular flexibility index (Phi) is 3.38. The van der Waals surface area contributed by atoms with Crippen LogP contribution in [0.3, 0.4) is 0 Å². The van der Waals surface area contributed by atoms with Crippen molar-refractivity contribution in [3.8, 4) is 0 Å². The number of hydrogen-bond acceptors (Lipinski definition) is 5. The summed E-state index contributed by atoms with van der Waals surface area (Å²) in [5.41, 5.74) is 0. The number of carbonyl (C=O) groups excluding carboxylic acids is 1. The van der Waals surface area contributed by atoms with Crippen molar-refractivity contribution >= 4 is 17.9 Å². The van der Waals surface area contributed by atoms with Crippen LogP contribution >= 0.6 is 11.6 Å². The maximum atomic E-state index is 10.6. The molecule has 2 spiro atoms. The Morgan fingerprint density at radius 3 is 1.78 bits per heavy atom. The molecule has 2 saturated heterocycles. The summed E-state index contributed by atoms with van der Waals surface area (Å²) >= 11 is 6.06. The molecule has 128 valence electrons. The topological polar surface area (TPSA) is 54.0 Å². The van der Waals surface area contributed by atoms with Crippen LogP contribution in [0.15, 0.2) is 0 Å². The number of ether oxygens (including phenoxy) is 4. The van der Waals surface area contributed by atoms with Gasteiger partial charge in [-0.3, -0.25) is 0 Å². The van der Waals surface area contributed by atoms with Gasteiger partial charge in [0.2, 0.25) is 0 Å². The SMILES string of the molecule is ClC1[C@H]2CCC3(OCCO3)[C@@H]12.O=C[C@H]1[C@H]2CCC3(OCCO3)[C@@H]12. The van der Waals surface area contributed by atoms with E-state index in [-0.39, 0.29) is 17.5 Å². The number of hydrogen-bond donors (Lipinski definition) is 0. The van der Waals surface area contributed by atoms with Crippen molar-refractivity contribution in [2.24, 2.45) is 29.6 Å². The number of fused-ring (bicyclic) bond motifs is 4. The highest BCUT2D eigenvalue weighted by Crippen LogP contribution is 2.64. The molecular formula is C17H23ClO5. The lowest BCUT2D eigenvalue weighted by atomic mass is 10.1. The first kappa shape index (κ1) is 15.1. The molecule has 6 atom stereocenters. The highest BCUT2D eigenvalue weighted by molar-refractivity contribution is 6.23. The Balaban J connectivity index is 0.000000106. The second-order valence-corrected chi connectivity index (χ2v) is 8.14. The molecule has 0 aromatic carbocycles. The molecule has 0 bridgehead atoms. The largest absolute Gasteiger partial charge is 0.347 e. The van der Waals surface area contributed by atoms with Gasteiger partial charge in [0, 0.05) is 36.0 Å². The van der Waals surface area contributed by atoms with E-state index in [2.05, 4.69) is 0 Å². The van der Waals surface area contributed by atoms with Crippen LogP contribution in [0.5, 0.6) is 0 Å². The summed E-state index contributed by atoms with van der Waals surface area (Å²) in [6, 6.07) is 0. The maximum absolute atomic E-state index is 10.6. The Bertz CT molecular complexity index is 488. The molecule has 0 radical (unpaired) electrons. The summed E-state index contributed by atoms with van der Waals surface area (Å²) in [6.07, 6.45) is 5.42. The fourth-order valence-electron chi connectivity index (χ4n) is 5.50. The zero-order valence-corrected chi connectivity index (χ0v) is 13.9. The van der Waals surface area contributed by atoms with Crippen molar-refractivity contribution in [2.45, 2.75) is 42.6 Å². The fourth-order valence-corrected chi connectivity index (χ4v) is 6.08. The lowest BCUT2D eigenvalue weighted by Crippen LogP contribution is -2.31. The van der Waals surface area contributed by atoms with E-state index < -0.39 is 0 Å². The van der Waals surface area contributed by atoms with E-state index in [0.717, 1.165) is 38.8 Å². The van der Waals surface area contributed by atoms with Crippen LogP contribution in [-0.4, -0.2) is 49.7 Å². The van der Waals surface area contributed by atoms with Gasteiger partial charge < -0.3 is 23.7 Å². The predicted octanol–water partition coefficient (Wildman–Crippen LogP) is 1.96. The molecule has 1 unspecified atom stereocenters. The minimum atomic E-state index is -0.337. The Morgan fingerprint density at radius 2 is 1.35 bits per heavy atom. The van der Waals surface area contributed by atoms with Gasteiger partial charge in [-0.15, -0.1) is 11.6 Å². The second-order valence-electron chi connectivity index (χ2n) is 7.63. The number of halogens is 1. The average Bonchev–Trinajstić information content (AvgIpc) is 3.11. The van der Waals surface area contributed by atoms with Gasteiger partial charge in [-0.05, 0) is 24.7 Å². The van der Waals surface area contributed by atoms with Crippen molar-refractivity contribution < 1.29 is 23.7 Å². The van der Waals surface area contributed by atoms with Crippen molar-refractivity contribution in [2.75, 3.05) is 26.4 Å². The lowest BCUT2D eigenvalue weighted by Gasteiger charge is -2.24. The maximum Gasteiger partial charge on any atom is 0.173 e. The summed E-state index contributed by atoms with van der Waals surface area (Å²) in [5.74, 6) is 1.81. The summed E-state index contributed by atoms with van der Waals surface area (Å²) in [6.45, 7) is 2.92. The van der Waals surface area contributed by atoms with Crippen LogP contribution in [0, 0.1) is 29.6 Å². The Hall–Kier alpha value is -0.200. The summed E-state index contributed by atoms with van der Waals surface area (Å²) < 4.78 is 22.5. The number of rotatable bonds is 1. The molecular weight excluding hydrogens is 320 g/mol. The summed E-state index contributed by atoms with van der Waals surface area (Å²) in [5, 5.41) is 0.335. The number of aldehydes is 1. The zero-order chi connectivity index (χ0) is 15.7. The van der Waals surface area contributed by atoms with Gasteiger partial charge in [0.05, 0.1) is 26.4 Å². The average molecular weight is 343 g/mol. The van der Waals surface area contributed by atoms with Crippen molar-refractivity contribution in [1.82, 2.24) is 0 Å². The third-order valence-corrected chi connectivity index (χ3v) is 7.27. The van der Waals surface area contributed by atoms with Crippen LogP contribution in [-0.2, 0) is 23.7 Å². The highest BCUT2D eigenvalue weighted by atomic mass is 35.5. The zero-order valence-electron chi connectivity index (χ0n) is 13.1. The van der Waals surface area contributed by atoms with Gasteiger partial charge in [0.25, 0.3) is 0 Å². The van der Waals surface area contributed by atoms with Gasteiger partial charge in [0.15, 0.2) is 11.6 Å². The third kappa shape index (κ3) is 2.10. The monoisotopic (exact) mass is 342 g/mol. The molecule has 0 aromatic rings. The summed E-state index contributed by atoms with van der Waals surface area (Å²) in [7, 11) is 0. The number of carbonyl (C=O) groups is 1. The smallest absolute Gasteiger partial charge is 0.173 e. The van der Waals surface area contributed by atoms with E-state index in [1.165, 1.54) is 6.42 Å². The molecule has 6 aliphatic rings. The quantitative estimate of drug-likeness (QED) is 0.538.